The van der Waals surface area contributed by atoms with E-state index >= 15 is 0 Å². The van der Waals surface area contributed by atoms with Crippen molar-refractivity contribution < 1.29 is 0 Å². The zero-order valence-electron chi connectivity index (χ0n) is 9.47. The Bertz CT molecular complexity index is 700. The summed E-state index contributed by atoms with van der Waals surface area (Å²) in [4.78, 5) is 15.7. The predicted octanol–water partition coefficient (Wildman–Crippen LogP) is 1.34. The zero-order valence-corrected chi connectivity index (χ0v) is 10.3. The first-order valence-corrected chi connectivity index (χ1v) is 6.22. The molecule has 2 rings (SSSR count). The fourth-order valence-electron chi connectivity index (χ4n) is 1.44. The molecule has 2 aromatic rings. The third kappa shape index (κ3) is 2.49. The van der Waals surface area contributed by atoms with Crippen LogP contribution >= 0.6 is 11.8 Å². The highest BCUT2D eigenvalue weighted by Crippen LogP contribution is 2.19. The molecule has 0 saturated carbocycles. The number of aromatic amines is 1. The van der Waals surface area contributed by atoms with Gasteiger partial charge in [0.15, 0.2) is 11.4 Å². The van der Waals surface area contributed by atoms with Gasteiger partial charge in [0, 0.05) is 5.39 Å². The lowest BCUT2D eigenvalue weighted by molar-refractivity contribution is 1.01. The molecule has 0 spiro atoms. The van der Waals surface area contributed by atoms with E-state index in [1.165, 1.54) is 11.8 Å². The van der Waals surface area contributed by atoms with Crippen LogP contribution in [0.4, 0.5) is 5.69 Å². The van der Waals surface area contributed by atoms with Crippen molar-refractivity contribution in [1.29, 1.82) is 5.26 Å². The second-order valence-electron chi connectivity index (χ2n) is 3.33. The van der Waals surface area contributed by atoms with Crippen LogP contribution in [0.2, 0.25) is 0 Å². The molecule has 0 aliphatic rings. The minimum atomic E-state index is -0.233. The number of amidine groups is 1. The van der Waals surface area contributed by atoms with Gasteiger partial charge in [-0.05, 0) is 24.5 Å². The van der Waals surface area contributed by atoms with Gasteiger partial charge in [-0.1, -0.05) is 11.8 Å². The summed E-state index contributed by atoms with van der Waals surface area (Å²) in [6.45, 7) is 0. The number of hydrogen-bond acceptors (Lipinski definition) is 5. The lowest BCUT2D eigenvalue weighted by Gasteiger charge is -2.01. The maximum Gasteiger partial charge on any atom is 0.272 e. The Kier molecular flexibility index (Phi) is 3.60. The molecule has 0 atom stereocenters. The SMILES string of the molecule is CSC(=Nc1ccc2c(=O)[nH]ncc2c1)NC#N. The minimum absolute atomic E-state index is 0.233. The Morgan fingerprint density at radius 3 is 3.17 bits per heavy atom. The number of benzene rings is 1. The molecule has 7 heteroatoms. The second kappa shape index (κ2) is 5.33. The lowest BCUT2D eigenvalue weighted by atomic mass is 10.2. The summed E-state index contributed by atoms with van der Waals surface area (Å²) in [5.74, 6) is 0. The number of thioether (sulfide) groups is 1. The maximum absolute atomic E-state index is 11.5. The zero-order chi connectivity index (χ0) is 13.0. The van der Waals surface area contributed by atoms with Crippen LogP contribution < -0.4 is 10.9 Å². The number of hydrogen-bond donors (Lipinski definition) is 2. The Morgan fingerprint density at radius 2 is 2.44 bits per heavy atom. The number of aromatic nitrogens is 2. The molecule has 6 nitrogen and oxygen atoms in total. The highest BCUT2D eigenvalue weighted by Gasteiger charge is 2.01. The topological polar surface area (TPSA) is 93.9 Å². The molecule has 1 aromatic heterocycles. The van der Waals surface area contributed by atoms with Crippen LogP contribution in [0.1, 0.15) is 0 Å². The molecule has 90 valence electrons. The molecular weight excluding hydrogens is 250 g/mol. The smallest absolute Gasteiger partial charge is 0.271 e. The van der Waals surface area contributed by atoms with Gasteiger partial charge in [-0.25, -0.2) is 10.1 Å². The van der Waals surface area contributed by atoms with Crippen molar-refractivity contribution in [3.8, 4) is 6.19 Å². The Morgan fingerprint density at radius 1 is 1.61 bits per heavy atom. The number of nitriles is 1. The van der Waals surface area contributed by atoms with E-state index < -0.39 is 0 Å². The molecule has 0 unspecified atom stereocenters. The second-order valence-corrected chi connectivity index (χ2v) is 4.12. The first-order chi connectivity index (χ1) is 8.74. The summed E-state index contributed by atoms with van der Waals surface area (Å²) < 4.78 is 0. The van der Waals surface area contributed by atoms with Gasteiger partial charge in [0.25, 0.3) is 5.56 Å². The van der Waals surface area contributed by atoms with E-state index in [0.29, 0.717) is 21.6 Å². The number of fused-ring (bicyclic) bond motifs is 1. The molecule has 1 aromatic carbocycles. The highest BCUT2D eigenvalue weighted by molar-refractivity contribution is 8.13. The standard InChI is InChI=1S/C11H9N5OS/c1-18-11(13-6-12)15-8-2-3-9-7(4-8)5-14-16-10(9)17/h2-5H,1H3,(H,13,15)(H,16,17). The van der Waals surface area contributed by atoms with Crippen LogP contribution in [0.25, 0.3) is 10.8 Å². The fourth-order valence-corrected chi connectivity index (χ4v) is 1.79. The molecular formula is C11H9N5OS. The average molecular weight is 259 g/mol. The summed E-state index contributed by atoms with van der Waals surface area (Å²) in [6, 6.07) is 5.14. The quantitative estimate of drug-likeness (QED) is 0.349. The van der Waals surface area contributed by atoms with Crippen molar-refractivity contribution in [3.05, 3.63) is 34.7 Å². The van der Waals surface area contributed by atoms with Crippen LogP contribution in [0.15, 0.2) is 34.2 Å². The van der Waals surface area contributed by atoms with E-state index in [1.54, 1.807) is 24.4 Å². The Labute approximate surface area is 107 Å². The van der Waals surface area contributed by atoms with E-state index in [1.807, 2.05) is 12.4 Å². The largest absolute Gasteiger partial charge is 0.272 e. The van der Waals surface area contributed by atoms with Gasteiger partial charge in [0.05, 0.1) is 17.3 Å². The molecule has 2 N–H and O–H groups in total. The van der Waals surface area contributed by atoms with E-state index in [2.05, 4.69) is 20.5 Å². The van der Waals surface area contributed by atoms with Crippen molar-refractivity contribution in [2.24, 2.45) is 4.99 Å². The molecule has 0 aliphatic carbocycles. The highest BCUT2D eigenvalue weighted by atomic mass is 32.2. The van der Waals surface area contributed by atoms with E-state index in [0.717, 1.165) is 0 Å². The molecule has 0 amide bonds. The Balaban J connectivity index is 2.48. The monoisotopic (exact) mass is 259 g/mol. The van der Waals surface area contributed by atoms with Crippen molar-refractivity contribution in [3.63, 3.8) is 0 Å². The van der Waals surface area contributed by atoms with Crippen LogP contribution in [0.5, 0.6) is 0 Å². The summed E-state index contributed by atoms with van der Waals surface area (Å²) in [6.07, 6.45) is 5.19. The predicted molar refractivity (Wildman–Crippen MR) is 71.7 cm³/mol. The van der Waals surface area contributed by atoms with Crippen LogP contribution in [0, 0.1) is 11.5 Å². The van der Waals surface area contributed by atoms with E-state index in [9.17, 15) is 4.79 Å². The van der Waals surface area contributed by atoms with Crippen LogP contribution in [0.3, 0.4) is 0 Å². The van der Waals surface area contributed by atoms with E-state index in [4.69, 9.17) is 5.26 Å². The normalized spacial score (nSPS) is 11.2. The van der Waals surface area contributed by atoms with Crippen LogP contribution in [-0.4, -0.2) is 21.6 Å². The molecule has 0 saturated heterocycles. The number of H-pyrrole nitrogens is 1. The van der Waals surface area contributed by atoms with Gasteiger partial charge in [-0.3, -0.25) is 10.1 Å². The van der Waals surface area contributed by atoms with Crippen molar-refractivity contribution in [1.82, 2.24) is 15.5 Å². The van der Waals surface area contributed by atoms with Gasteiger partial charge >= 0.3 is 0 Å². The molecule has 0 bridgehead atoms. The average Bonchev–Trinajstić information content (AvgIpc) is 2.38. The maximum atomic E-state index is 11.5. The summed E-state index contributed by atoms with van der Waals surface area (Å²) in [5, 5.41) is 18.9. The van der Waals surface area contributed by atoms with Gasteiger partial charge in [-0.15, -0.1) is 0 Å². The number of rotatable bonds is 1. The third-order valence-corrected chi connectivity index (χ3v) is 2.82. The number of nitrogens with zero attached hydrogens (tertiary/aromatic N) is 3. The Hall–Kier alpha value is -2.33. The molecule has 0 aliphatic heterocycles. The van der Waals surface area contributed by atoms with Crippen molar-refractivity contribution in [2.75, 3.05) is 6.26 Å². The number of nitrogens with one attached hydrogen (secondary N) is 2. The van der Waals surface area contributed by atoms with Gasteiger partial charge in [-0.2, -0.15) is 10.4 Å². The first-order valence-electron chi connectivity index (χ1n) is 5.00. The third-order valence-electron chi connectivity index (χ3n) is 2.24. The first kappa shape index (κ1) is 12.1. The lowest BCUT2D eigenvalue weighted by Crippen LogP contribution is -2.12. The van der Waals surface area contributed by atoms with Crippen molar-refractivity contribution >= 4 is 33.4 Å². The van der Waals surface area contributed by atoms with E-state index in [-0.39, 0.29) is 5.56 Å². The fraction of sp³-hybridized carbons (Fsp3) is 0.0909. The molecule has 0 fully saturated rings. The minimum Gasteiger partial charge on any atom is -0.271 e. The number of aliphatic imine (C=N–C) groups is 1. The van der Waals surface area contributed by atoms with Crippen molar-refractivity contribution in [2.45, 2.75) is 0 Å². The summed E-state index contributed by atoms with van der Waals surface area (Å²) in [7, 11) is 0. The van der Waals surface area contributed by atoms with Gasteiger partial charge in [0.2, 0.25) is 0 Å². The molecule has 0 radical (unpaired) electrons. The van der Waals surface area contributed by atoms with Gasteiger partial charge < -0.3 is 0 Å². The molecule has 18 heavy (non-hydrogen) atoms. The van der Waals surface area contributed by atoms with Crippen LogP contribution in [-0.2, 0) is 0 Å². The van der Waals surface area contributed by atoms with Gasteiger partial charge in [0.1, 0.15) is 0 Å². The molecule has 1 heterocycles. The summed E-state index contributed by atoms with van der Waals surface area (Å²) >= 11 is 1.33. The summed E-state index contributed by atoms with van der Waals surface area (Å²) in [5.41, 5.74) is 0.422.